The Labute approximate surface area is 131 Å². The van der Waals surface area contributed by atoms with E-state index in [1.807, 2.05) is 17.0 Å². The first kappa shape index (κ1) is 16.5. The number of nitrogens with one attached hydrogen (secondary N) is 1. The molecule has 22 heavy (non-hydrogen) atoms. The molecule has 0 aromatic heterocycles. The minimum absolute atomic E-state index is 0.0127. The van der Waals surface area contributed by atoms with Crippen LogP contribution in [-0.4, -0.2) is 42.9 Å². The smallest absolute Gasteiger partial charge is 0.234 e. The molecule has 5 nitrogen and oxygen atoms in total. The Bertz CT molecular complexity index is 530. The highest BCUT2D eigenvalue weighted by molar-refractivity contribution is 5.79. The summed E-state index contributed by atoms with van der Waals surface area (Å²) >= 11 is 0. The van der Waals surface area contributed by atoms with E-state index in [2.05, 4.69) is 24.4 Å². The highest BCUT2D eigenvalue weighted by Crippen LogP contribution is 2.15. The molecule has 0 aliphatic carbocycles. The van der Waals surface area contributed by atoms with Crippen molar-refractivity contribution in [3.63, 3.8) is 0 Å². The molecular formula is C17H25N3O2. The molecule has 1 saturated heterocycles. The van der Waals surface area contributed by atoms with Crippen LogP contribution in [0.5, 0.6) is 0 Å². The number of piperidine rings is 1. The predicted octanol–water partition coefficient (Wildman–Crippen LogP) is 0.851. The van der Waals surface area contributed by atoms with Gasteiger partial charge >= 0.3 is 0 Å². The number of carbonyl (C=O) groups is 2. The zero-order chi connectivity index (χ0) is 15.9. The van der Waals surface area contributed by atoms with Gasteiger partial charge in [-0.3, -0.25) is 14.5 Å². The number of primary amides is 1. The zero-order valence-corrected chi connectivity index (χ0v) is 13.2. The van der Waals surface area contributed by atoms with Gasteiger partial charge in [0.2, 0.25) is 11.8 Å². The van der Waals surface area contributed by atoms with Crippen LogP contribution in [0.25, 0.3) is 0 Å². The molecule has 0 spiro atoms. The molecule has 3 N–H and O–H groups in total. The first-order chi connectivity index (χ1) is 10.6. The first-order valence-electron chi connectivity index (χ1n) is 7.89. The minimum atomic E-state index is -0.260. The van der Waals surface area contributed by atoms with E-state index in [-0.39, 0.29) is 17.7 Å². The molecule has 2 rings (SSSR count). The van der Waals surface area contributed by atoms with Gasteiger partial charge in [0, 0.05) is 13.1 Å². The largest absolute Gasteiger partial charge is 0.369 e. The third kappa shape index (κ3) is 4.84. The number of hydrogen-bond acceptors (Lipinski definition) is 3. The molecule has 5 heteroatoms. The fourth-order valence-corrected chi connectivity index (χ4v) is 2.92. The Hall–Kier alpha value is -1.88. The second-order valence-corrected chi connectivity index (χ2v) is 6.00. The fraction of sp³-hybridized carbons (Fsp3) is 0.529. The van der Waals surface area contributed by atoms with Crippen LogP contribution in [-0.2, 0) is 16.0 Å². The number of rotatable bonds is 6. The van der Waals surface area contributed by atoms with Crippen molar-refractivity contribution in [3.05, 3.63) is 35.4 Å². The highest BCUT2D eigenvalue weighted by atomic mass is 16.2. The second kappa shape index (κ2) is 7.94. The number of hydrogen-bond donors (Lipinski definition) is 2. The maximum absolute atomic E-state index is 12.0. The topological polar surface area (TPSA) is 75.4 Å². The van der Waals surface area contributed by atoms with Crippen LogP contribution in [0, 0.1) is 12.8 Å². The van der Waals surface area contributed by atoms with Crippen LogP contribution < -0.4 is 11.1 Å². The maximum atomic E-state index is 12.0. The van der Waals surface area contributed by atoms with E-state index in [0.717, 1.165) is 25.8 Å². The highest BCUT2D eigenvalue weighted by Gasteiger charge is 2.24. The summed E-state index contributed by atoms with van der Waals surface area (Å²) in [5.74, 6) is -0.364. The van der Waals surface area contributed by atoms with Gasteiger partial charge in [0.25, 0.3) is 0 Å². The van der Waals surface area contributed by atoms with Crippen LogP contribution >= 0.6 is 0 Å². The summed E-state index contributed by atoms with van der Waals surface area (Å²) in [5.41, 5.74) is 7.86. The van der Waals surface area contributed by atoms with Crippen molar-refractivity contribution in [1.29, 1.82) is 0 Å². The van der Waals surface area contributed by atoms with Crippen molar-refractivity contribution in [2.45, 2.75) is 26.2 Å². The molecule has 0 saturated carbocycles. The molecule has 0 unspecified atom stereocenters. The quantitative estimate of drug-likeness (QED) is 0.818. The summed E-state index contributed by atoms with van der Waals surface area (Å²) in [5, 5.41) is 2.95. The van der Waals surface area contributed by atoms with Gasteiger partial charge in [0.15, 0.2) is 0 Å². The van der Waals surface area contributed by atoms with E-state index in [0.29, 0.717) is 19.6 Å². The molecule has 1 aliphatic rings. The van der Waals surface area contributed by atoms with Gasteiger partial charge in [-0.1, -0.05) is 24.3 Å². The van der Waals surface area contributed by atoms with E-state index in [1.54, 1.807) is 0 Å². The Morgan fingerprint density at radius 2 is 2.14 bits per heavy atom. The van der Waals surface area contributed by atoms with Crippen LogP contribution in [0.15, 0.2) is 24.3 Å². The summed E-state index contributed by atoms with van der Waals surface area (Å²) in [7, 11) is 0. The van der Waals surface area contributed by atoms with Gasteiger partial charge in [0.1, 0.15) is 0 Å². The van der Waals surface area contributed by atoms with E-state index in [1.165, 1.54) is 11.1 Å². The Morgan fingerprint density at radius 1 is 1.36 bits per heavy atom. The van der Waals surface area contributed by atoms with Gasteiger partial charge in [-0.15, -0.1) is 0 Å². The van der Waals surface area contributed by atoms with Crippen LogP contribution in [0.2, 0.25) is 0 Å². The Kier molecular flexibility index (Phi) is 5.95. The van der Waals surface area contributed by atoms with E-state index < -0.39 is 0 Å². The fourth-order valence-electron chi connectivity index (χ4n) is 2.92. The van der Waals surface area contributed by atoms with Gasteiger partial charge in [-0.2, -0.15) is 0 Å². The molecule has 1 atom stereocenters. The van der Waals surface area contributed by atoms with Crippen molar-refractivity contribution in [2.24, 2.45) is 11.7 Å². The summed E-state index contributed by atoms with van der Waals surface area (Å²) in [6, 6.07) is 8.20. The lowest BCUT2D eigenvalue weighted by Crippen LogP contribution is -2.45. The van der Waals surface area contributed by atoms with E-state index in [4.69, 9.17) is 5.73 Å². The summed E-state index contributed by atoms with van der Waals surface area (Å²) < 4.78 is 0. The van der Waals surface area contributed by atoms with Crippen LogP contribution in [0.3, 0.4) is 0 Å². The van der Waals surface area contributed by atoms with Gasteiger partial charge < -0.3 is 11.1 Å². The Balaban J connectivity index is 1.72. The summed E-state index contributed by atoms with van der Waals surface area (Å²) in [6.45, 7) is 4.51. The number of nitrogens with zero attached hydrogens (tertiary/aromatic N) is 1. The third-order valence-electron chi connectivity index (χ3n) is 4.25. The van der Waals surface area contributed by atoms with Crippen molar-refractivity contribution in [2.75, 3.05) is 26.2 Å². The molecule has 1 aromatic rings. The summed E-state index contributed by atoms with van der Waals surface area (Å²) in [6.07, 6.45) is 2.59. The molecule has 1 aliphatic heterocycles. The standard InChI is InChI=1S/C17H25N3O2/c1-13-5-2-3-6-14(13)8-9-19-16(21)12-20-10-4-7-15(11-20)17(18)22/h2-3,5-6,15H,4,7-12H2,1H3,(H2,18,22)(H,19,21)/t15-/m0/s1. The van der Waals surface area contributed by atoms with Crippen molar-refractivity contribution >= 4 is 11.8 Å². The van der Waals surface area contributed by atoms with Gasteiger partial charge in [-0.25, -0.2) is 0 Å². The lowest BCUT2D eigenvalue weighted by Gasteiger charge is -2.30. The lowest BCUT2D eigenvalue weighted by molar-refractivity contribution is -0.126. The van der Waals surface area contributed by atoms with Gasteiger partial charge in [0.05, 0.1) is 12.5 Å². The number of amides is 2. The molecule has 1 heterocycles. The maximum Gasteiger partial charge on any atom is 0.234 e. The number of aryl methyl sites for hydroxylation is 1. The third-order valence-corrected chi connectivity index (χ3v) is 4.25. The number of carbonyl (C=O) groups excluding carboxylic acids is 2. The lowest BCUT2D eigenvalue weighted by atomic mass is 9.97. The van der Waals surface area contributed by atoms with Gasteiger partial charge in [-0.05, 0) is 43.9 Å². The van der Waals surface area contributed by atoms with Crippen LogP contribution in [0.1, 0.15) is 24.0 Å². The van der Waals surface area contributed by atoms with Crippen molar-refractivity contribution in [3.8, 4) is 0 Å². The Morgan fingerprint density at radius 3 is 2.86 bits per heavy atom. The molecule has 2 amide bonds. The average Bonchev–Trinajstić information content (AvgIpc) is 2.49. The predicted molar refractivity (Wildman–Crippen MR) is 86.3 cm³/mol. The van der Waals surface area contributed by atoms with Crippen molar-refractivity contribution < 1.29 is 9.59 Å². The average molecular weight is 303 g/mol. The molecule has 0 radical (unpaired) electrons. The minimum Gasteiger partial charge on any atom is -0.369 e. The normalized spacial score (nSPS) is 18.9. The second-order valence-electron chi connectivity index (χ2n) is 6.00. The molecule has 0 bridgehead atoms. The SMILES string of the molecule is Cc1ccccc1CCNC(=O)CN1CCC[C@H](C(N)=O)C1. The number of benzene rings is 1. The van der Waals surface area contributed by atoms with E-state index >= 15 is 0 Å². The van der Waals surface area contributed by atoms with E-state index in [9.17, 15) is 9.59 Å². The molecular weight excluding hydrogens is 278 g/mol. The number of nitrogens with two attached hydrogens (primary N) is 1. The zero-order valence-electron chi connectivity index (χ0n) is 13.2. The van der Waals surface area contributed by atoms with Crippen molar-refractivity contribution in [1.82, 2.24) is 10.2 Å². The number of likely N-dealkylation sites (tertiary alicyclic amines) is 1. The monoisotopic (exact) mass is 303 g/mol. The molecule has 1 fully saturated rings. The molecule has 120 valence electrons. The molecule has 1 aromatic carbocycles. The van der Waals surface area contributed by atoms with Crippen LogP contribution in [0.4, 0.5) is 0 Å². The first-order valence-corrected chi connectivity index (χ1v) is 7.89. The summed E-state index contributed by atoms with van der Waals surface area (Å²) in [4.78, 5) is 25.3.